The Bertz CT molecular complexity index is 870. The Labute approximate surface area is 159 Å². The van der Waals surface area contributed by atoms with Gasteiger partial charge in [-0.05, 0) is 49.9 Å². The summed E-state index contributed by atoms with van der Waals surface area (Å²) < 4.78 is 4.25. The number of rotatable bonds is 7. The number of likely N-dealkylation sites (tertiary alicyclic amines) is 1. The highest BCUT2D eigenvalue weighted by Gasteiger charge is 2.27. The maximum Gasteiger partial charge on any atom is 0.222 e. The predicted molar refractivity (Wildman–Crippen MR) is 104 cm³/mol. The van der Waals surface area contributed by atoms with Crippen molar-refractivity contribution in [3.8, 4) is 0 Å². The van der Waals surface area contributed by atoms with Gasteiger partial charge >= 0.3 is 0 Å². The molecule has 3 aromatic heterocycles. The highest BCUT2D eigenvalue weighted by atomic mass is 16.2. The van der Waals surface area contributed by atoms with Crippen molar-refractivity contribution in [2.24, 2.45) is 0 Å². The lowest BCUT2D eigenvalue weighted by Crippen LogP contribution is -2.39. The maximum absolute atomic E-state index is 12.6. The van der Waals surface area contributed by atoms with E-state index >= 15 is 0 Å². The van der Waals surface area contributed by atoms with Crippen LogP contribution in [0, 0.1) is 0 Å². The van der Waals surface area contributed by atoms with Crippen molar-refractivity contribution in [3.05, 3.63) is 54.7 Å². The van der Waals surface area contributed by atoms with Gasteiger partial charge in [0.05, 0.1) is 0 Å². The molecular weight excluding hydrogens is 338 g/mol. The lowest BCUT2D eigenvalue weighted by atomic mass is 9.96. The zero-order valence-corrected chi connectivity index (χ0v) is 15.7. The second kappa shape index (κ2) is 8.37. The Hall–Kier alpha value is -2.63. The fourth-order valence-electron chi connectivity index (χ4n) is 3.98. The minimum atomic E-state index is 0.272. The molecule has 4 rings (SSSR count). The number of fused-ring (bicyclic) bond motifs is 1. The van der Waals surface area contributed by atoms with Crippen LogP contribution in [0.1, 0.15) is 50.3 Å². The molecule has 1 fully saturated rings. The van der Waals surface area contributed by atoms with Crippen LogP contribution in [0.2, 0.25) is 0 Å². The quantitative estimate of drug-likeness (QED) is 0.602. The maximum atomic E-state index is 12.6. The summed E-state index contributed by atoms with van der Waals surface area (Å²) in [5, 5.41) is 8.66. The molecule has 0 radical (unpaired) electrons. The molecule has 6 nitrogen and oxygen atoms in total. The number of nitrogens with zero attached hydrogens (tertiary/aromatic N) is 5. The van der Waals surface area contributed by atoms with Crippen LogP contribution < -0.4 is 0 Å². The first kappa shape index (κ1) is 17.8. The van der Waals surface area contributed by atoms with Crippen molar-refractivity contribution >= 4 is 11.6 Å². The Kier molecular flexibility index (Phi) is 5.51. The topological polar surface area (TPSA) is 55.4 Å². The Morgan fingerprint density at radius 3 is 2.78 bits per heavy atom. The van der Waals surface area contributed by atoms with Crippen molar-refractivity contribution in [2.45, 2.75) is 51.0 Å². The minimum absolute atomic E-state index is 0.272. The molecule has 3 aromatic rings. The van der Waals surface area contributed by atoms with Crippen molar-refractivity contribution in [3.63, 3.8) is 0 Å². The van der Waals surface area contributed by atoms with Crippen molar-refractivity contribution in [1.82, 2.24) is 24.1 Å². The van der Waals surface area contributed by atoms with E-state index in [9.17, 15) is 4.79 Å². The van der Waals surface area contributed by atoms with Crippen LogP contribution in [0.4, 0.5) is 0 Å². The molecule has 0 aliphatic carbocycles. The fraction of sp³-hybridized carbons (Fsp3) is 0.476. The average Bonchev–Trinajstić information content (AvgIpc) is 3.37. The average molecular weight is 365 g/mol. The van der Waals surface area contributed by atoms with Gasteiger partial charge in [0.1, 0.15) is 5.82 Å². The van der Waals surface area contributed by atoms with E-state index < -0.39 is 0 Å². The van der Waals surface area contributed by atoms with Gasteiger partial charge in [-0.2, -0.15) is 0 Å². The third kappa shape index (κ3) is 4.21. The van der Waals surface area contributed by atoms with Crippen LogP contribution in [0.25, 0.3) is 5.65 Å². The SMILES string of the molecule is O=C(CCCCCn1cccc1)N1CCCC(c2nnc3ccccn23)C1. The Morgan fingerprint density at radius 1 is 1.04 bits per heavy atom. The molecule has 1 aliphatic rings. The van der Waals surface area contributed by atoms with E-state index in [4.69, 9.17) is 0 Å². The van der Waals surface area contributed by atoms with Crippen LogP contribution in [-0.4, -0.2) is 43.1 Å². The van der Waals surface area contributed by atoms with Crippen LogP contribution in [0.3, 0.4) is 0 Å². The Morgan fingerprint density at radius 2 is 1.89 bits per heavy atom. The molecular formula is C21H27N5O. The van der Waals surface area contributed by atoms with Gasteiger partial charge in [0.25, 0.3) is 0 Å². The van der Waals surface area contributed by atoms with Gasteiger partial charge in [-0.25, -0.2) is 0 Å². The van der Waals surface area contributed by atoms with Gasteiger partial charge < -0.3 is 9.47 Å². The summed E-state index contributed by atoms with van der Waals surface area (Å²) in [6, 6.07) is 10.0. The van der Waals surface area contributed by atoms with Crippen LogP contribution in [0.15, 0.2) is 48.9 Å². The number of carbonyl (C=O) groups excluding carboxylic acids is 1. The summed E-state index contributed by atoms with van der Waals surface area (Å²) in [5.41, 5.74) is 0.874. The van der Waals surface area contributed by atoms with E-state index in [1.807, 2.05) is 29.3 Å². The first-order valence-corrected chi connectivity index (χ1v) is 9.99. The number of aryl methyl sites for hydroxylation is 1. The lowest BCUT2D eigenvalue weighted by molar-refractivity contribution is -0.132. The van der Waals surface area contributed by atoms with Crippen molar-refractivity contribution in [2.75, 3.05) is 13.1 Å². The van der Waals surface area contributed by atoms with Gasteiger partial charge in [0.15, 0.2) is 5.65 Å². The smallest absolute Gasteiger partial charge is 0.222 e. The normalized spacial score (nSPS) is 17.5. The van der Waals surface area contributed by atoms with Crippen LogP contribution in [0.5, 0.6) is 0 Å². The molecule has 1 atom stereocenters. The second-order valence-corrected chi connectivity index (χ2v) is 7.40. The third-order valence-electron chi connectivity index (χ3n) is 5.45. The molecule has 0 bridgehead atoms. The minimum Gasteiger partial charge on any atom is -0.354 e. The molecule has 1 amide bonds. The second-order valence-electron chi connectivity index (χ2n) is 7.40. The van der Waals surface area contributed by atoms with Gasteiger partial charge in [0.2, 0.25) is 5.91 Å². The van der Waals surface area contributed by atoms with Gasteiger partial charge in [0, 0.05) is 50.6 Å². The highest BCUT2D eigenvalue weighted by Crippen LogP contribution is 2.26. The van der Waals surface area contributed by atoms with E-state index in [1.165, 1.54) is 0 Å². The molecule has 4 heterocycles. The number of aromatic nitrogens is 4. The van der Waals surface area contributed by atoms with E-state index in [0.717, 1.165) is 63.2 Å². The molecule has 0 saturated carbocycles. The first-order chi connectivity index (χ1) is 13.3. The molecule has 0 aromatic carbocycles. The first-order valence-electron chi connectivity index (χ1n) is 9.99. The van der Waals surface area contributed by atoms with E-state index in [-0.39, 0.29) is 11.8 Å². The fourth-order valence-corrected chi connectivity index (χ4v) is 3.98. The zero-order valence-electron chi connectivity index (χ0n) is 15.7. The number of hydrogen-bond donors (Lipinski definition) is 0. The summed E-state index contributed by atoms with van der Waals surface area (Å²) in [6.07, 6.45) is 12.1. The number of pyridine rings is 1. The van der Waals surface area contributed by atoms with Crippen LogP contribution in [-0.2, 0) is 11.3 Å². The summed E-state index contributed by atoms with van der Waals surface area (Å²) in [4.78, 5) is 14.7. The van der Waals surface area contributed by atoms with Gasteiger partial charge in [-0.3, -0.25) is 9.20 Å². The highest BCUT2D eigenvalue weighted by molar-refractivity contribution is 5.76. The molecule has 142 valence electrons. The predicted octanol–water partition coefficient (Wildman–Crippen LogP) is 3.50. The van der Waals surface area contributed by atoms with Crippen molar-refractivity contribution < 1.29 is 4.79 Å². The number of amides is 1. The molecule has 1 aliphatic heterocycles. The largest absolute Gasteiger partial charge is 0.354 e. The summed E-state index contributed by atoms with van der Waals surface area (Å²) in [5.74, 6) is 1.54. The molecule has 0 spiro atoms. The molecule has 1 unspecified atom stereocenters. The summed E-state index contributed by atoms with van der Waals surface area (Å²) in [7, 11) is 0. The van der Waals surface area contributed by atoms with E-state index in [1.54, 1.807) is 0 Å². The summed E-state index contributed by atoms with van der Waals surface area (Å²) in [6.45, 7) is 2.67. The monoisotopic (exact) mass is 365 g/mol. The number of carbonyl (C=O) groups is 1. The van der Waals surface area contributed by atoms with E-state index in [2.05, 4.69) is 43.7 Å². The number of unbranched alkanes of at least 4 members (excludes halogenated alkanes) is 2. The molecule has 0 N–H and O–H groups in total. The molecule has 27 heavy (non-hydrogen) atoms. The van der Waals surface area contributed by atoms with E-state index in [0.29, 0.717) is 6.42 Å². The number of hydrogen-bond acceptors (Lipinski definition) is 3. The van der Waals surface area contributed by atoms with Gasteiger partial charge in [-0.15, -0.1) is 10.2 Å². The third-order valence-corrected chi connectivity index (χ3v) is 5.45. The lowest BCUT2D eigenvalue weighted by Gasteiger charge is -2.32. The molecule has 1 saturated heterocycles. The standard InChI is InChI=1S/C21H27N5O/c27-20(11-2-1-4-12-24-13-6-7-14-24)25-15-8-9-18(17-25)21-23-22-19-10-3-5-16-26(19)21/h3,5-7,10,13-14,16,18H,1-2,4,8-9,11-12,15,17H2. The zero-order chi connectivity index (χ0) is 18.5. The van der Waals surface area contributed by atoms with Gasteiger partial charge in [-0.1, -0.05) is 12.5 Å². The van der Waals surface area contributed by atoms with Crippen LogP contribution >= 0.6 is 0 Å². The number of piperidine rings is 1. The van der Waals surface area contributed by atoms with Crippen molar-refractivity contribution in [1.29, 1.82) is 0 Å². The summed E-state index contributed by atoms with van der Waals surface area (Å²) >= 11 is 0. The molecule has 6 heteroatoms. The Balaban J connectivity index is 1.27.